The van der Waals surface area contributed by atoms with Gasteiger partial charge in [-0.3, -0.25) is 4.79 Å². The summed E-state index contributed by atoms with van der Waals surface area (Å²) in [6, 6.07) is 11.3. The van der Waals surface area contributed by atoms with Gasteiger partial charge in [0.15, 0.2) is 0 Å². The molecule has 3 rings (SSSR count). The fourth-order valence-electron chi connectivity index (χ4n) is 5.60. The number of ether oxygens (including phenoxy) is 1. The first-order valence-corrected chi connectivity index (χ1v) is 13.7. The van der Waals surface area contributed by atoms with Gasteiger partial charge in [0.05, 0.1) is 12.0 Å². The zero-order valence-corrected chi connectivity index (χ0v) is 21.1. The molecule has 0 heterocycles. The van der Waals surface area contributed by atoms with E-state index >= 15 is 0 Å². The van der Waals surface area contributed by atoms with Gasteiger partial charge in [0, 0.05) is 6.08 Å². The van der Waals surface area contributed by atoms with Crippen LogP contribution in [-0.2, 0) is 16.0 Å². The minimum atomic E-state index is 0.0559. The van der Waals surface area contributed by atoms with Gasteiger partial charge in [-0.1, -0.05) is 62.3 Å². The largest absolute Gasteiger partial charge is 0.462 e. The van der Waals surface area contributed by atoms with Crippen LogP contribution in [-0.4, -0.2) is 12.1 Å². The van der Waals surface area contributed by atoms with E-state index in [4.69, 9.17) is 10.00 Å². The second-order valence-corrected chi connectivity index (χ2v) is 10.3. The Kier molecular flexibility index (Phi) is 11.5. The van der Waals surface area contributed by atoms with E-state index in [1.54, 1.807) is 6.08 Å². The Balaban J connectivity index is 1.32. The molecule has 0 amide bonds. The topological polar surface area (TPSA) is 50.1 Å². The highest BCUT2D eigenvalue weighted by molar-refractivity contribution is 5.72. The minimum Gasteiger partial charge on any atom is -0.462 e. The number of unbranched alkanes of at least 4 members (excludes halogenated alkanes) is 2. The van der Waals surface area contributed by atoms with E-state index in [0.29, 0.717) is 5.92 Å². The predicted molar refractivity (Wildman–Crippen MR) is 139 cm³/mol. The SMILES string of the molecule is CCCCCc1ccc(C2CCC(C(=O)OC3CCC(CC/C=C/C=CC#N)CC3)CC2)cc1. The molecule has 0 aliphatic heterocycles. The lowest BCUT2D eigenvalue weighted by molar-refractivity contribution is -0.157. The summed E-state index contributed by atoms with van der Waals surface area (Å²) in [7, 11) is 0. The fraction of sp³-hybridized carbons (Fsp3) is 0.613. The van der Waals surface area contributed by atoms with Crippen molar-refractivity contribution in [3.05, 3.63) is 59.7 Å². The van der Waals surface area contributed by atoms with Gasteiger partial charge in [-0.2, -0.15) is 5.26 Å². The maximum atomic E-state index is 12.8. The molecule has 34 heavy (non-hydrogen) atoms. The number of allylic oxidation sites excluding steroid dienone is 4. The third-order valence-electron chi connectivity index (χ3n) is 7.82. The standard InChI is InChI=1S/C31H43NO2/c1-2-3-7-10-25-12-16-27(17-13-25)28-18-20-29(21-19-28)31(33)34-30-22-14-26(15-23-30)11-8-5-4-6-9-24-32/h4-6,9,12-13,16-17,26,28-30H,2-3,7-8,10-11,14-15,18-23H2,1H3/b5-4+,9-6?. The number of hydrogen-bond donors (Lipinski definition) is 0. The van der Waals surface area contributed by atoms with E-state index in [-0.39, 0.29) is 18.0 Å². The van der Waals surface area contributed by atoms with Crippen LogP contribution in [0, 0.1) is 23.2 Å². The number of hydrogen-bond acceptors (Lipinski definition) is 3. The van der Waals surface area contributed by atoms with E-state index in [2.05, 4.69) is 37.3 Å². The van der Waals surface area contributed by atoms with Crippen molar-refractivity contribution >= 4 is 5.97 Å². The zero-order valence-electron chi connectivity index (χ0n) is 21.1. The first-order valence-electron chi connectivity index (χ1n) is 13.7. The second kappa shape index (κ2) is 14.8. The van der Waals surface area contributed by atoms with Crippen LogP contribution in [0.15, 0.2) is 48.6 Å². The summed E-state index contributed by atoms with van der Waals surface area (Å²) in [6.07, 6.45) is 23.2. The molecule has 0 aromatic heterocycles. The van der Waals surface area contributed by atoms with E-state index in [1.165, 1.54) is 49.3 Å². The molecule has 1 aromatic rings. The highest BCUT2D eigenvalue weighted by Crippen LogP contribution is 2.37. The summed E-state index contributed by atoms with van der Waals surface area (Å²) < 4.78 is 5.96. The van der Waals surface area contributed by atoms with E-state index in [9.17, 15) is 4.79 Å². The Bertz CT molecular complexity index is 816. The lowest BCUT2D eigenvalue weighted by atomic mass is 9.78. The molecule has 0 N–H and O–H groups in total. The average Bonchev–Trinajstić information content (AvgIpc) is 2.88. The smallest absolute Gasteiger partial charge is 0.309 e. The number of esters is 1. The van der Waals surface area contributed by atoms with E-state index in [1.807, 2.05) is 12.1 Å². The number of carbonyl (C=O) groups is 1. The van der Waals surface area contributed by atoms with Gasteiger partial charge in [0.1, 0.15) is 6.10 Å². The van der Waals surface area contributed by atoms with Gasteiger partial charge < -0.3 is 4.74 Å². The molecule has 184 valence electrons. The molecule has 2 fully saturated rings. The molecule has 3 nitrogen and oxygen atoms in total. The van der Waals surface area contributed by atoms with Crippen molar-refractivity contribution in [1.29, 1.82) is 5.26 Å². The van der Waals surface area contributed by atoms with E-state index < -0.39 is 0 Å². The van der Waals surface area contributed by atoms with Crippen LogP contribution in [0.2, 0.25) is 0 Å². The highest BCUT2D eigenvalue weighted by atomic mass is 16.5. The van der Waals surface area contributed by atoms with Crippen LogP contribution in [0.25, 0.3) is 0 Å². The van der Waals surface area contributed by atoms with Crippen molar-refractivity contribution in [2.75, 3.05) is 0 Å². The molecule has 0 unspecified atom stereocenters. The van der Waals surface area contributed by atoms with Gasteiger partial charge >= 0.3 is 5.97 Å². The fourth-order valence-corrected chi connectivity index (χ4v) is 5.60. The van der Waals surface area contributed by atoms with Gasteiger partial charge in [-0.25, -0.2) is 0 Å². The number of nitriles is 1. The molecule has 1 aromatic carbocycles. The third-order valence-corrected chi connectivity index (χ3v) is 7.82. The summed E-state index contributed by atoms with van der Waals surface area (Å²) >= 11 is 0. The Morgan fingerprint density at radius 2 is 1.74 bits per heavy atom. The summed E-state index contributed by atoms with van der Waals surface area (Å²) in [4.78, 5) is 12.8. The van der Waals surface area contributed by atoms with Gasteiger partial charge in [0.2, 0.25) is 0 Å². The highest BCUT2D eigenvalue weighted by Gasteiger charge is 2.31. The molecule has 0 saturated heterocycles. The third kappa shape index (κ3) is 8.79. The molecule has 0 spiro atoms. The minimum absolute atomic E-state index is 0.0559. The molecule has 2 saturated carbocycles. The van der Waals surface area contributed by atoms with Crippen LogP contribution in [0.4, 0.5) is 0 Å². The lowest BCUT2D eigenvalue weighted by Crippen LogP contribution is -2.29. The predicted octanol–water partition coefficient (Wildman–Crippen LogP) is 8.21. The van der Waals surface area contributed by atoms with Crippen LogP contribution in [0.3, 0.4) is 0 Å². The van der Waals surface area contributed by atoms with Crippen molar-refractivity contribution in [3.8, 4) is 6.07 Å². The van der Waals surface area contributed by atoms with Crippen molar-refractivity contribution in [2.24, 2.45) is 11.8 Å². The summed E-state index contributed by atoms with van der Waals surface area (Å²) in [5, 5.41) is 8.49. The van der Waals surface area contributed by atoms with Crippen LogP contribution in [0.5, 0.6) is 0 Å². The number of aryl methyl sites for hydroxylation is 1. The normalized spacial score (nSPS) is 25.4. The van der Waals surface area contributed by atoms with E-state index in [0.717, 1.165) is 63.7 Å². The molecule has 2 aliphatic carbocycles. The van der Waals surface area contributed by atoms with Crippen molar-refractivity contribution < 1.29 is 9.53 Å². The Labute approximate surface area is 207 Å². The number of carbonyl (C=O) groups excluding carboxylic acids is 1. The molecule has 3 heteroatoms. The second-order valence-electron chi connectivity index (χ2n) is 10.3. The number of rotatable bonds is 11. The Hall–Kier alpha value is -2.34. The van der Waals surface area contributed by atoms with Crippen LogP contribution >= 0.6 is 0 Å². The van der Waals surface area contributed by atoms with Gasteiger partial charge in [-0.15, -0.1) is 0 Å². The summed E-state index contributed by atoms with van der Waals surface area (Å²) in [5.41, 5.74) is 2.90. The Morgan fingerprint density at radius 3 is 2.41 bits per heavy atom. The summed E-state index contributed by atoms with van der Waals surface area (Å²) in [6.45, 7) is 2.25. The molecular formula is C31H43NO2. The zero-order chi connectivity index (χ0) is 24.0. The first-order chi connectivity index (χ1) is 16.7. The molecule has 0 bridgehead atoms. The van der Waals surface area contributed by atoms with Gasteiger partial charge in [0.25, 0.3) is 0 Å². The van der Waals surface area contributed by atoms with Gasteiger partial charge in [-0.05, 0) is 100 Å². The maximum absolute atomic E-state index is 12.8. The summed E-state index contributed by atoms with van der Waals surface area (Å²) in [5.74, 6) is 1.47. The number of nitrogens with zero attached hydrogens (tertiary/aromatic N) is 1. The quantitative estimate of drug-likeness (QED) is 0.144. The molecule has 0 radical (unpaired) electrons. The maximum Gasteiger partial charge on any atom is 0.309 e. The average molecular weight is 462 g/mol. The Morgan fingerprint density at radius 1 is 1.00 bits per heavy atom. The van der Waals surface area contributed by atoms with Crippen molar-refractivity contribution in [2.45, 2.75) is 109 Å². The monoisotopic (exact) mass is 461 g/mol. The van der Waals surface area contributed by atoms with Crippen molar-refractivity contribution in [3.63, 3.8) is 0 Å². The lowest BCUT2D eigenvalue weighted by Gasteiger charge is -2.31. The van der Waals surface area contributed by atoms with Crippen LogP contribution < -0.4 is 0 Å². The van der Waals surface area contributed by atoms with Crippen molar-refractivity contribution in [1.82, 2.24) is 0 Å². The molecule has 0 atom stereocenters. The number of benzene rings is 1. The molecule has 2 aliphatic rings. The molecular weight excluding hydrogens is 418 g/mol. The van der Waals surface area contributed by atoms with Crippen LogP contribution in [0.1, 0.15) is 107 Å². The first kappa shape index (κ1) is 26.3.